The van der Waals surface area contributed by atoms with Crippen LogP contribution in [-0.4, -0.2) is 30.0 Å². The van der Waals surface area contributed by atoms with Crippen molar-refractivity contribution in [1.29, 1.82) is 0 Å². The van der Waals surface area contributed by atoms with E-state index >= 15 is 0 Å². The van der Waals surface area contributed by atoms with Crippen LogP contribution in [-0.2, 0) is 0 Å². The highest BCUT2D eigenvalue weighted by molar-refractivity contribution is 7.09. The smallest absolute Gasteiger partial charge is 0.270 e. The first kappa shape index (κ1) is 15.9. The first-order valence-corrected chi connectivity index (χ1v) is 9.59. The Kier molecular flexibility index (Phi) is 5.47. The zero-order chi connectivity index (χ0) is 15.4. The van der Waals surface area contributed by atoms with E-state index < -0.39 is 0 Å². The van der Waals surface area contributed by atoms with E-state index in [0.717, 1.165) is 30.9 Å². The lowest BCUT2D eigenvalue weighted by Gasteiger charge is -2.28. The fraction of sp³-hybridized carbons (Fsp3) is 0.765. The molecule has 1 unspecified atom stereocenters. The molecule has 122 valence electrons. The summed E-state index contributed by atoms with van der Waals surface area (Å²) in [6.45, 7) is 4.27. The van der Waals surface area contributed by atoms with Crippen molar-refractivity contribution in [3.05, 3.63) is 16.1 Å². The first-order valence-electron chi connectivity index (χ1n) is 8.71. The predicted molar refractivity (Wildman–Crippen MR) is 90.5 cm³/mol. The average molecular weight is 321 g/mol. The van der Waals surface area contributed by atoms with Gasteiger partial charge < -0.3 is 10.6 Å². The molecule has 1 amide bonds. The fourth-order valence-corrected chi connectivity index (χ4v) is 4.65. The van der Waals surface area contributed by atoms with E-state index in [1.54, 1.807) is 11.3 Å². The number of carbonyl (C=O) groups excluding carboxylic acids is 1. The van der Waals surface area contributed by atoms with Gasteiger partial charge in [0.2, 0.25) is 0 Å². The Bertz CT molecular complexity index is 490. The second kappa shape index (κ2) is 7.55. The maximum Gasteiger partial charge on any atom is 0.270 e. The molecular weight excluding hydrogens is 294 g/mol. The van der Waals surface area contributed by atoms with Crippen LogP contribution in [0.2, 0.25) is 0 Å². The van der Waals surface area contributed by atoms with Gasteiger partial charge in [-0.3, -0.25) is 4.79 Å². The largest absolute Gasteiger partial charge is 0.348 e. The molecule has 1 saturated carbocycles. The molecule has 2 heterocycles. The van der Waals surface area contributed by atoms with Gasteiger partial charge in [0, 0.05) is 17.3 Å². The Morgan fingerprint density at radius 1 is 1.27 bits per heavy atom. The topological polar surface area (TPSA) is 54.0 Å². The standard InChI is InChI=1S/C17H27N3OS/c1-12(13-5-3-2-4-6-13)19-16(21)15-11-22-17(20-15)14-7-9-18-10-8-14/h11-14,18H,2-10H2,1H3,(H,19,21). The van der Waals surface area contributed by atoms with Gasteiger partial charge in [0.15, 0.2) is 0 Å². The zero-order valence-corrected chi connectivity index (χ0v) is 14.3. The fourth-order valence-electron chi connectivity index (χ4n) is 3.68. The van der Waals surface area contributed by atoms with E-state index in [2.05, 4.69) is 22.5 Å². The van der Waals surface area contributed by atoms with Crippen molar-refractivity contribution in [2.24, 2.45) is 5.92 Å². The Labute approximate surface area is 137 Å². The Morgan fingerprint density at radius 3 is 2.73 bits per heavy atom. The summed E-state index contributed by atoms with van der Waals surface area (Å²) in [7, 11) is 0. The van der Waals surface area contributed by atoms with Gasteiger partial charge in [-0.2, -0.15) is 0 Å². The lowest BCUT2D eigenvalue weighted by atomic mass is 9.84. The summed E-state index contributed by atoms with van der Waals surface area (Å²) in [5, 5.41) is 9.62. The molecule has 0 aromatic carbocycles. The number of thiazole rings is 1. The van der Waals surface area contributed by atoms with Gasteiger partial charge in [-0.15, -0.1) is 11.3 Å². The van der Waals surface area contributed by atoms with Crippen molar-refractivity contribution < 1.29 is 4.79 Å². The lowest BCUT2D eigenvalue weighted by molar-refractivity contribution is 0.0914. The molecule has 2 aliphatic rings. The van der Waals surface area contributed by atoms with Gasteiger partial charge in [-0.05, 0) is 51.6 Å². The van der Waals surface area contributed by atoms with Gasteiger partial charge >= 0.3 is 0 Å². The maximum absolute atomic E-state index is 12.4. The van der Waals surface area contributed by atoms with Crippen molar-refractivity contribution in [2.75, 3.05) is 13.1 Å². The summed E-state index contributed by atoms with van der Waals surface area (Å²) in [5.74, 6) is 1.18. The quantitative estimate of drug-likeness (QED) is 0.894. The maximum atomic E-state index is 12.4. The van der Waals surface area contributed by atoms with Crippen LogP contribution < -0.4 is 10.6 Å². The minimum atomic E-state index is 0.00880. The third-order valence-electron chi connectivity index (χ3n) is 5.16. The normalized spacial score (nSPS) is 22.4. The van der Waals surface area contributed by atoms with Crippen LogP contribution in [0.5, 0.6) is 0 Å². The summed E-state index contributed by atoms with van der Waals surface area (Å²) in [4.78, 5) is 17.0. The van der Waals surface area contributed by atoms with Crippen molar-refractivity contribution in [3.8, 4) is 0 Å². The molecule has 0 radical (unpaired) electrons. The molecule has 1 aliphatic carbocycles. The Hall–Kier alpha value is -0.940. The number of aromatic nitrogens is 1. The minimum Gasteiger partial charge on any atom is -0.348 e. The molecule has 5 heteroatoms. The highest BCUT2D eigenvalue weighted by Gasteiger charge is 2.24. The predicted octanol–water partition coefficient (Wildman–Crippen LogP) is 3.31. The van der Waals surface area contributed by atoms with Gasteiger partial charge in [0.25, 0.3) is 5.91 Å². The molecule has 2 fully saturated rings. The zero-order valence-electron chi connectivity index (χ0n) is 13.4. The van der Waals surface area contributed by atoms with Crippen LogP contribution in [0.4, 0.5) is 0 Å². The third-order valence-corrected chi connectivity index (χ3v) is 6.17. The summed E-state index contributed by atoms with van der Waals surface area (Å²) >= 11 is 1.65. The van der Waals surface area contributed by atoms with E-state index in [9.17, 15) is 4.79 Å². The number of hydrogen-bond donors (Lipinski definition) is 2. The highest BCUT2D eigenvalue weighted by atomic mass is 32.1. The number of piperidine rings is 1. The number of nitrogens with zero attached hydrogens (tertiary/aromatic N) is 1. The van der Waals surface area contributed by atoms with E-state index in [0.29, 0.717) is 17.5 Å². The monoisotopic (exact) mass is 321 g/mol. The molecule has 1 aliphatic heterocycles. The van der Waals surface area contributed by atoms with Crippen LogP contribution >= 0.6 is 11.3 Å². The summed E-state index contributed by atoms with van der Waals surface area (Å²) in [6, 6.07) is 0.261. The number of carbonyl (C=O) groups is 1. The average Bonchev–Trinajstić information content (AvgIpc) is 3.06. The van der Waals surface area contributed by atoms with Crippen LogP contribution in [0.1, 0.15) is 73.3 Å². The van der Waals surface area contributed by atoms with Crippen LogP contribution in [0.3, 0.4) is 0 Å². The Balaban J connectivity index is 1.56. The van der Waals surface area contributed by atoms with Gasteiger partial charge in [0.05, 0.1) is 5.01 Å². The van der Waals surface area contributed by atoms with E-state index in [-0.39, 0.29) is 11.9 Å². The number of rotatable bonds is 4. The molecule has 3 rings (SSSR count). The molecule has 4 nitrogen and oxygen atoms in total. The Morgan fingerprint density at radius 2 is 2.00 bits per heavy atom. The SMILES string of the molecule is CC(NC(=O)c1csc(C2CCNCC2)n1)C1CCCCC1. The third kappa shape index (κ3) is 3.87. The molecule has 0 spiro atoms. The second-order valence-electron chi connectivity index (χ2n) is 6.76. The van der Waals surface area contributed by atoms with E-state index in [4.69, 9.17) is 0 Å². The van der Waals surface area contributed by atoms with Crippen molar-refractivity contribution in [2.45, 2.75) is 63.8 Å². The molecular formula is C17H27N3OS. The molecule has 1 saturated heterocycles. The number of hydrogen-bond acceptors (Lipinski definition) is 4. The van der Waals surface area contributed by atoms with Gasteiger partial charge in [-0.1, -0.05) is 19.3 Å². The molecule has 1 aromatic rings. The molecule has 22 heavy (non-hydrogen) atoms. The van der Waals surface area contributed by atoms with Gasteiger partial charge in [-0.25, -0.2) is 4.98 Å². The van der Waals surface area contributed by atoms with Crippen molar-refractivity contribution in [1.82, 2.24) is 15.6 Å². The number of nitrogens with one attached hydrogen (secondary N) is 2. The molecule has 0 bridgehead atoms. The van der Waals surface area contributed by atoms with Crippen LogP contribution in [0.15, 0.2) is 5.38 Å². The van der Waals surface area contributed by atoms with Crippen molar-refractivity contribution >= 4 is 17.2 Å². The van der Waals surface area contributed by atoms with Gasteiger partial charge in [0.1, 0.15) is 5.69 Å². The molecule has 1 atom stereocenters. The first-order chi connectivity index (χ1) is 10.7. The van der Waals surface area contributed by atoms with E-state index in [1.807, 2.05) is 5.38 Å². The van der Waals surface area contributed by atoms with Crippen LogP contribution in [0, 0.1) is 5.92 Å². The van der Waals surface area contributed by atoms with Crippen molar-refractivity contribution in [3.63, 3.8) is 0 Å². The number of amides is 1. The van der Waals surface area contributed by atoms with E-state index in [1.165, 1.54) is 32.1 Å². The summed E-state index contributed by atoms with van der Waals surface area (Å²) in [5.41, 5.74) is 0.612. The molecule has 1 aromatic heterocycles. The van der Waals surface area contributed by atoms with Crippen LogP contribution in [0.25, 0.3) is 0 Å². The second-order valence-corrected chi connectivity index (χ2v) is 7.65. The molecule has 2 N–H and O–H groups in total. The highest BCUT2D eigenvalue weighted by Crippen LogP contribution is 2.29. The minimum absolute atomic E-state index is 0.00880. The lowest BCUT2D eigenvalue weighted by Crippen LogP contribution is -2.39. The summed E-state index contributed by atoms with van der Waals surface area (Å²) in [6.07, 6.45) is 8.73. The summed E-state index contributed by atoms with van der Waals surface area (Å²) < 4.78 is 0.